The smallest absolute Gasteiger partial charge is 0.178 e. The molecule has 0 N–H and O–H groups in total. The zero-order valence-corrected chi connectivity index (χ0v) is 37.1. The predicted molar refractivity (Wildman–Crippen MR) is 252 cm³/mol. The zero-order chi connectivity index (χ0) is 42.8. The molecule has 1 unspecified atom stereocenters. The first kappa shape index (κ1) is 41.4. The van der Waals surface area contributed by atoms with Crippen LogP contribution in [-0.4, -0.2) is 54.2 Å². The Kier molecular flexibility index (Phi) is 11.7. The van der Waals surface area contributed by atoms with Gasteiger partial charge in [-0.05, 0) is 119 Å². The highest BCUT2D eigenvalue weighted by Crippen LogP contribution is 2.62. The van der Waals surface area contributed by atoms with E-state index in [4.69, 9.17) is 28.4 Å². The van der Waals surface area contributed by atoms with Crippen LogP contribution in [0.2, 0.25) is 0 Å². The Balaban J connectivity index is 1.29. The van der Waals surface area contributed by atoms with Crippen molar-refractivity contribution in [2.24, 2.45) is 0 Å². The SMILES string of the molecule is CCCCOc1ccc(C2(c3ccc(N4CCOCC4)cc3)C=Cc3c4c(c5cc(OC)c(OC)cc5c3O2)-c2ccc(-c3ccc(OC)cc3)cc2C4(CCC)CCC)cc1. The molecule has 3 aliphatic rings. The molecule has 1 saturated heterocycles. The second kappa shape index (κ2) is 17.5. The molecule has 0 spiro atoms. The maximum absolute atomic E-state index is 7.82. The topological polar surface area (TPSA) is 58.6 Å². The van der Waals surface area contributed by atoms with Crippen molar-refractivity contribution in [1.82, 2.24) is 0 Å². The van der Waals surface area contributed by atoms with Gasteiger partial charge in [0, 0.05) is 46.3 Å². The summed E-state index contributed by atoms with van der Waals surface area (Å²) in [6.07, 6.45) is 10.8. The number of hydrogen-bond donors (Lipinski definition) is 0. The fraction of sp³-hybridized carbons (Fsp3) is 0.345. The summed E-state index contributed by atoms with van der Waals surface area (Å²) >= 11 is 0. The van der Waals surface area contributed by atoms with Crippen LogP contribution in [0.5, 0.6) is 28.7 Å². The fourth-order valence-corrected chi connectivity index (χ4v) is 10.3. The minimum Gasteiger partial charge on any atom is -0.497 e. The molecule has 2 heterocycles. The summed E-state index contributed by atoms with van der Waals surface area (Å²) in [5.74, 6) is 3.91. The second-order valence-electron chi connectivity index (χ2n) is 16.9. The molecule has 62 heavy (non-hydrogen) atoms. The second-order valence-corrected chi connectivity index (χ2v) is 16.9. The van der Waals surface area contributed by atoms with Gasteiger partial charge in [0.1, 0.15) is 17.2 Å². The van der Waals surface area contributed by atoms with E-state index in [1.807, 2.05) is 12.1 Å². The molecule has 7 nitrogen and oxygen atoms in total. The lowest BCUT2D eigenvalue weighted by Crippen LogP contribution is -2.37. The van der Waals surface area contributed by atoms with Gasteiger partial charge in [-0.3, -0.25) is 0 Å². The molecule has 6 aromatic carbocycles. The number of rotatable bonds is 15. The van der Waals surface area contributed by atoms with Crippen molar-refractivity contribution in [2.75, 3.05) is 59.1 Å². The molecule has 320 valence electrons. The number of fused-ring (bicyclic) bond motifs is 8. The lowest BCUT2D eigenvalue weighted by molar-refractivity contribution is 0.122. The average Bonchev–Trinajstić information content (AvgIpc) is 3.60. The van der Waals surface area contributed by atoms with Gasteiger partial charge in [0.2, 0.25) is 0 Å². The highest BCUT2D eigenvalue weighted by Gasteiger charge is 2.48. The minimum absolute atomic E-state index is 0.257. The third kappa shape index (κ3) is 7.04. The summed E-state index contributed by atoms with van der Waals surface area (Å²) in [4.78, 5) is 2.39. The zero-order valence-electron chi connectivity index (χ0n) is 37.1. The Morgan fingerprint density at radius 3 is 1.90 bits per heavy atom. The van der Waals surface area contributed by atoms with E-state index in [1.54, 1.807) is 21.3 Å². The van der Waals surface area contributed by atoms with Crippen LogP contribution in [0.25, 0.3) is 39.1 Å². The van der Waals surface area contributed by atoms with E-state index in [-0.39, 0.29) is 5.41 Å². The van der Waals surface area contributed by atoms with E-state index in [9.17, 15) is 0 Å². The lowest BCUT2D eigenvalue weighted by Gasteiger charge is -2.40. The van der Waals surface area contributed by atoms with Crippen LogP contribution in [0.1, 0.15) is 87.1 Å². The van der Waals surface area contributed by atoms with Gasteiger partial charge in [-0.15, -0.1) is 0 Å². The Morgan fingerprint density at radius 2 is 1.27 bits per heavy atom. The number of nitrogens with zero attached hydrogens (tertiary/aromatic N) is 1. The maximum atomic E-state index is 7.82. The number of ether oxygens (including phenoxy) is 6. The van der Waals surface area contributed by atoms with Crippen molar-refractivity contribution in [3.05, 3.63) is 137 Å². The first-order valence-corrected chi connectivity index (χ1v) is 22.5. The number of unbranched alkanes of at least 4 members (excludes halogenated alkanes) is 1. The van der Waals surface area contributed by atoms with E-state index in [1.165, 1.54) is 39.1 Å². The van der Waals surface area contributed by atoms with Crippen LogP contribution in [0, 0.1) is 0 Å². The average molecular weight is 830 g/mol. The molecule has 1 fully saturated rings. The Hall–Kier alpha value is -5.92. The number of anilines is 1. The minimum atomic E-state index is -0.946. The monoisotopic (exact) mass is 829 g/mol. The summed E-state index contributed by atoms with van der Waals surface area (Å²) in [5.41, 5.74) is 10.8. The van der Waals surface area contributed by atoms with E-state index in [2.05, 4.69) is 129 Å². The van der Waals surface area contributed by atoms with Crippen molar-refractivity contribution in [3.63, 3.8) is 0 Å². The predicted octanol–water partition coefficient (Wildman–Crippen LogP) is 12.8. The van der Waals surface area contributed by atoms with Crippen LogP contribution >= 0.6 is 0 Å². The molecule has 0 radical (unpaired) electrons. The summed E-state index contributed by atoms with van der Waals surface area (Å²) in [6, 6.07) is 37.2. The number of benzene rings is 6. The molecule has 2 aliphatic heterocycles. The molecular formula is C55H59NO6. The van der Waals surface area contributed by atoms with Gasteiger partial charge in [-0.1, -0.05) is 94.6 Å². The van der Waals surface area contributed by atoms with Gasteiger partial charge in [0.25, 0.3) is 0 Å². The van der Waals surface area contributed by atoms with E-state index in [0.717, 1.165) is 110 Å². The largest absolute Gasteiger partial charge is 0.497 e. The third-order valence-corrected chi connectivity index (χ3v) is 13.3. The number of hydrogen-bond acceptors (Lipinski definition) is 7. The Morgan fingerprint density at radius 1 is 0.645 bits per heavy atom. The first-order chi connectivity index (χ1) is 30.4. The van der Waals surface area contributed by atoms with Gasteiger partial charge in [0.05, 0.1) is 41.2 Å². The highest BCUT2D eigenvalue weighted by molar-refractivity contribution is 6.10. The van der Waals surface area contributed by atoms with Crippen LogP contribution in [-0.2, 0) is 15.8 Å². The highest BCUT2D eigenvalue weighted by atomic mass is 16.5. The molecule has 0 bridgehead atoms. The van der Waals surface area contributed by atoms with Gasteiger partial charge in [-0.25, -0.2) is 0 Å². The molecule has 7 heteroatoms. The maximum Gasteiger partial charge on any atom is 0.178 e. The lowest BCUT2D eigenvalue weighted by atomic mass is 9.69. The third-order valence-electron chi connectivity index (χ3n) is 13.3. The van der Waals surface area contributed by atoms with Crippen LogP contribution < -0.4 is 28.6 Å². The quantitative estimate of drug-likeness (QED) is 0.0956. The van der Waals surface area contributed by atoms with Gasteiger partial charge < -0.3 is 33.3 Å². The summed E-state index contributed by atoms with van der Waals surface area (Å²) in [5, 5.41) is 2.08. The normalized spacial score (nSPS) is 17.2. The van der Waals surface area contributed by atoms with Crippen LogP contribution in [0.3, 0.4) is 0 Å². The molecule has 0 saturated carbocycles. The van der Waals surface area contributed by atoms with Gasteiger partial charge in [0.15, 0.2) is 17.1 Å². The Bertz CT molecular complexity index is 2570. The molecule has 0 amide bonds. The first-order valence-electron chi connectivity index (χ1n) is 22.5. The molecule has 1 aliphatic carbocycles. The van der Waals surface area contributed by atoms with Crippen molar-refractivity contribution in [2.45, 2.75) is 70.3 Å². The molecule has 6 aromatic rings. The number of methoxy groups -OCH3 is 3. The van der Waals surface area contributed by atoms with Crippen molar-refractivity contribution in [1.29, 1.82) is 0 Å². The van der Waals surface area contributed by atoms with E-state index in [0.29, 0.717) is 18.1 Å². The summed E-state index contributed by atoms with van der Waals surface area (Å²) in [7, 11) is 5.14. The van der Waals surface area contributed by atoms with Gasteiger partial charge in [-0.2, -0.15) is 0 Å². The van der Waals surface area contributed by atoms with Gasteiger partial charge >= 0.3 is 0 Å². The molecule has 0 aromatic heterocycles. The van der Waals surface area contributed by atoms with Crippen molar-refractivity contribution in [3.8, 4) is 51.0 Å². The van der Waals surface area contributed by atoms with E-state index >= 15 is 0 Å². The number of morpholine rings is 1. The van der Waals surface area contributed by atoms with E-state index < -0.39 is 5.60 Å². The molecule has 9 rings (SSSR count). The molecule has 1 atom stereocenters. The summed E-state index contributed by atoms with van der Waals surface area (Å²) in [6.45, 7) is 10.7. The Labute approximate surface area is 367 Å². The van der Waals surface area contributed by atoms with Crippen molar-refractivity contribution < 1.29 is 28.4 Å². The fourth-order valence-electron chi connectivity index (χ4n) is 10.3. The molecular weight excluding hydrogens is 771 g/mol. The van der Waals surface area contributed by atoms with Crippen molar-refractivity contribution >= 4 is 22.5 Å². The van der Waals surface area contributed by atoms with Crippen LogP contribution in [0.4, 0.5) is 5.69 Å². The standard InChI is InChI=1S/C55H59NO6/c1-7-10-31-61-43-22-16-40(17-23-43)55(39-14-18-41(19-15-39)56-29-32-60-33-30-56)28-25-45-52-51(46-35-49(58-5)50(59-6)36-47(46)53(45)62-55)44-24-13-38(37-11-20-42(57-4)21-12-37)34-48(44)54(52,26-8-2)27-9-3/h11-25,28,34-36H,7-10,26-27,29-33H2,1-6H3. The van der Waals surface area contributed by atoms with Crippen LogP contribution in [0.15, 0.2) is 109 Å². The summed E-state index contributed by atoms with van der Waals surface area (Å²) < 4.78 is 37.3.